The number of benzene rings is 2. The number of piperazine rings is 1. The first kappa shape index (κ1) is 16.9. The number of aryl methyl sites for hydroxylation is 1. The van der Waals surface area contributed by atoms with Crippen LogP contribution in [0.5, 0.6) is 5.75 Å². The van der Waals surface area contributed by atoms with Crippen molar-refractivity contribution in [2.75, 3.05) is 36.4 Å². The van der Waals surface area contributed by atoms with E-state index < -0.39 is 6.10 Å². The van der Waals surface area contributed by atoms with Crippen molar-refractivity contribution in [1.82, 2.24) is 4.90 Å². The predicted molar refractivity (Wildman–Crippen MR) is 104 cm³/mol. The second kappa shape index (κ2) is 7.00. The van der Waals surface area contributed by atoms with Crippen LogP contribution >= 0.6 is 0 Å². The normalized spacial score (nSPS) is 20.3. The van der Waals surface area contributed by atoms with Crippen molar-refractivity contribution in [2.24, 2.45) is 0 Å². The minimum Gasteiger partial charge on any atom is -0.479 e. The number of carbonyl (C=O) groups excluding carboxylic acids is 1. The molecule has 2 aromatic rings. The summed E-state index contributed by atoms with van der Waals surface area (Å²) in [7, 11) is 0. The second-order valence-corrected chi connectivity index (χ2v) is 7.18. The third-order valence-corrected chi connectivity index (χ3v) is 5.15. The molecule has 0 spiro atoms. The molecule has 0 saturated carbocycles. The summed E-state index contributed by atoms with van der Waals surface area (Å²) in [6.07, 6.45) is -0.428. The Hall–Kier alpha value is -2.53. The van der Waals surface area contributed by atoms with Crippen LogP contribution in [0.15, 0.2) is 42.5 Å². The molecule has 1 N–H and O–H groups in total. The molecule has 2 aliphatic heterocycles. The number of nitrogens with one attached hydrogen (secondary N) is 1. The number of hydrogen-bond donors (Lipinski definition) is 1. The van der Waals surface area contributed by atoms with Gasteiger partial charge < -0.3 is 15.0 Å². The molecule has 1 saturated heterocycles. The fraction of sp³-hybridized carbons (Fsp3) is 0.381. The van der Waals surface area contributed by atoms with E-state index in [2.05, 4.69) is 52.4 Å². The van der Waals surface area contributed by atoms with Gasteiger partial charge in [0.15, 0.2) is 6.10 Å². The molecule has 0 bridgehead atoms. The molecule has 1 amide bonds. The number of fused-ring (bicyclic) bond motifs is 1. The molecular weight excluding hydrogens is 326 g/mol. The summed E-state index contributed by atoms with van der Waals surface area (Å²) >= 11 is 0. The largest absolute Gasteiger partial charge is 0.479 e. The molecule has 26 heavy (non-hydrogen) atoms. The maximum Gasteiger partial charge on any atom is 0.265 e. The average Bonchev–Trinajstić information content (AvgIpc) is 2.64. The van der Waals surface area contributed by atoms with Crippen LogP contribution in [0, 0.1) is 6.92 Å². The van der Waals surface area contributed by atoms with Gasteiger partial charge in [-0.1, -0.05) is 23.8 Å². The Morgan fingerprint density at radius 2 is 1.81 bits per heavy atom. The van der Waals surface area contributed by atoms with E-state index in [0.29, 0.717) is 0 Å². The highest BCUT2D eigenvalue weighted by Gasteiger charge is 2.24. The predicted octanol–water partition coefficient (Wildman–Crippen LogP) is 3.04. The van der Waals surface area contributed by atoms with E-state index in [9.17, 15) is 4.79 Å². The summed E-state index contributed by atoms with van der Waals surface area (Å²) in [5, 5.41) is 2.93. The van der Waals surface area contributed by atoms with Gasteiger partial charge in [-0.05, 0) is 43.7 Å². The van der Waals surface area contributed by atoms with Crippen LogP contribution in [0.1, 0.15) is 18.1 Å². The molecule has 0 aromatic heterocycles. The lowest BCUT2D eigenvalue weighted by molar-refractivity contribution is -0.122. The van der Waals surface area contributed by atoms with Gasteiger partial charge in [-0.25, -0.2) is 0 Å². The van der Waals surface area contributed by atoms with Crippen LogP contribution in [-0.4, -0.2) is 43.1 Å². The molecule has 4 rings (SSSR count). The fourth-order valence-corrected chi connectivity index (χ4v) is 3.53. The Balaban J connectivity index is 1.37. The first-order valence-corrected chi connectivity index (χ1v) is 9.23. The maximum atomic E-state index is 11.8. The Bertz CT molecular complexity index is 795. The highest BCUT2D eigenvalue weighted by molar-refractivity contribution is 5.97. The lowest BCUT2D eigenvalue weighted by Crippen LogP contribution is -2.46. The summed E-state index contributed by atoms with van der Waals surface area (Å²) in [6, 6.07) is 14.8. The van der Waals surface area contributed by atoms with Crippen LogP contribution < -0.4 is 15.0 Å². The Kier molecular flexibility index (Phi) is 4.55. The molecule has 5 heteroatoms. The van der Waals surface area contributed by atoms with Gasteiger partial charge in [0.25, 0.3) is 5.91 Å². The van der Waals surface area contributed by atoms with E-state index in [0.717, 1.165) is 44.2 Å². The molecule has 2 aliphatic rings. The van der Waals surface area contributed by atoms with Crippen LogP contribution in [-0.2, 0) is 11.3 Å². The molecule has 0 radical (unpaired) electrons. The number of nitrogens with zero attached hydrogens (tertiary/aromatic N) is 2. The zero-order valence-electron chi connectivity index (χ0n) is 15.4. The summed E-state index contributed by atoms with van der Waals surface area (Å²) in [5.41, 5.74) is 4.58. The first-order valence-electron chi connectivity index (χ1n) is 9.23. The summed E-state index contributed by atoms with van der Waals surface area (Å²) in [4.78, 5) is 16.7. The van der Waals surface area contributed by atoms with Crippen molar-refractivity contribution in [3.05, 3.63) is 53.6 Å². The van der Waals surface area contributed by atoms with E-state index in [4.69, 9.17) is 4.74 Å². The van der Waals surface area contributed by atoms with Gasteiger partial charge >= 0.3 is 0 Å². The molecule has 2 aromatic carbocycles. The Morgan fingerprint density at radius 1 is 1.08 bits per heavy atom. The van der Waals surface area contributed by atoms with Crippen LogP contribution in [0.2, 0.25) is 0 Å². The SMILES string of the molecule is Cc1ccc(N2CCN(Cc3ccc4c(c3)NC(=O)C(C)O4)CC2)cc1. The standard InChI is InChI=1S/C21H25N3O2/c1-15-3-6-18(7-4-15)24-11-9-23(10-12-24)14-17-5-8-20-19(13-17)22-21(25)16(2)26-20/h3-8,13,16H,9-12,14H2,1-2H3,(H,22,25). The smallest absolute Gasteiger partial charge is 0.265 e. The molecule has 5 nitrogen and oxygen atoms in total. The van der Waals surface area contributed by atoms with Crippen molar-refractivity contribution >= 4 is 17.3 Å². The quantitative estimate of drug-likeness (QED) is 0.923. The van der Waals surface area contributed by atoms with Crippen LogP contribution in [0.4, 0.5) is 11.4 Å². The summed E-state index contributed by atoms with van der Waals surface area (Å²) in [6.45, 7) is 8.90. The van der Waals surface area contributed by atoms with Crippen LogP contribution in [0.25, 0.3) is 0 Å². The monoisotopic (exact) mass is 351 g/mol. The van der Waals surface area contributed by atoms with Crippen molar-refractivity contribution < 1.29 is 9.53 Å². The van der Waals surface area contributed by atoms with Gasteiger partial charge in [-0.2, -0.15) is 0 Å². The minimum absolute atomic E-state index is 0.0821. The highest BCUT2D eigenvalue weighted by Crippen LogP contribution is 2.31. The Labute approximate surface area is 154 Å². The lowest BCUT2D eigenvalue weighted by atomic mass is 10.1. The molecule has 1 fully saturated rings. The molecule has 1 atom stereocenters. The zero-order valence-corrected chi connectivity index (χ0v) is 15.4. The number of amides is 1. The van der Waals surface area contributed by atoms with Gasteiger partial charge in [0.2, 0.25) is 0 Å². The molecule has 0 aliphatic carbocycles. The topological polar surface area (TPSA) is 44.8 Å². The maximum absolute atomic E-state index is 11.8. The van der Waals surface area contributed by atoms with Gasteiger partial charge in [-0.3, -0.25) is 9.69 Å². The van der Waals surface area contributed by atoms with E-state index in [-0.39, 0.29) is 5.91 Å². The summed E-state index contributed by atoms with van der Waals surface area (Å²) < 4.78 is 5.63. The number of ether oxygens (including phenoxy) is 1. The highest BCUT2D eigenvalue weighted by atomic mass is 16.5. The Morgan fingerprint density at radius 3 is 2.54 bits per heavy atom. The molecule has 1 unspecified atom stereocenters. The number of rotatable bonds is 3. The van der Waals surface area contributed by atoms with Crippen LogP contribution in [0.3, 0.4) is 0 Å². The molecule has 2 heterocycles. The van der Waals surface area contributed by atoms with E-state index in [1.54, 1.807) is 6.92 Å². The van der Waals surface area contributed by atoms with Crippen molar-refractivity contribution in [3.8, 4) is 5.75 Å². The lowest BCUT2D eigenvalue weighted by Gasteiger charge is -2.36. The van der Waals surface area contributed by atoms with Crippen molar-refractivity contribution in [3.63, 3.8) is 0 Å². The minimum atomic E-state index is -0.428. The molecular formula is C21H25N3O2. The van der Waals surface area contributed by atoms with Gasteiger partial charge in [0, 0.05) is 38.4 Å². The van der Waals surface area contributed by atoms with E-state index in [1.807, 2.05) is 12.1 Å². The van der Waals surface area contributed by atoms with Gasteiger partial charge in [-0.15, -0.1) is 0 Å². The fourth-order valence-electron chi connectivity index (χ4n) is 3.53. The van der Waals surface area contributed by atoms with E-state index in [1.165, 1.54) is 16.8 Å². The molecule has 136 valence electrons. The van der Waals surface area contributed by atoms with Crippen molar-refractivity contribution in [2.45, 2.75) is 26.5 Å². The third kappa shape index (κ3) is 3.53. The number of hydrogen-bond acceptors (Lipinski definition) is 4. The number of anilines is 2. The first-order chi connectivity index (χ1) is 12.6. The second-order valence-electron chi connectivity index (χ2n) is 7.18. The van der Waals surface area contributed by atoms with Gasteiger partial charge in [0.1, 0.15) is 5.75 Å². The van der Waals surface area contributed by atoms with E-state index >= 15 is 0 Å². The van der Waals surface area contributed by atoms with Gasteiger partial charge in [0.05, 0.1) is 5.69 Å². The number of carbonyl (C=O) groups is 1. The zero-order chi connectivity index (χ0) is 18.1. The average molecular weight is 351 g/mol. The third-order valence-electron chi connectivity index (χ3n) is 5.15. The summed E-state index contributed by atoms with van der Waals surface area (Å²) in [5.74, 6) is 0.673. The van der Waals surface area contributed by atoms with Crippen molar-refractivity contribution in [1.29, 1.82) is 0 Å².